The first-order valence-corrected chi connectivity index (χ1v) is 5.27. The lowest BCUT2D eigenvalue weighted by Gasteiger charge is -2.19. The van der Waals surface area contributed by atoms with Crippen molar-refractivity contribution in [1.29, 1.82) is 0 Å². The van der Waals surface area contributed by atoms with Crippen molar-refractivity contribution >= 4 is 5.91 Å². The summed E-state index contributed by atoms with van der Waals surface area (Å²) in [6.45, 7) is 4.34. The van der Waals surface area contributed by atoms with Crippen LogP contribution < -0.4 is 10.6 Å². The van der Waals surface area contributed by atoms with E-state index in [9.17, 15) is 4.79 Å². The zero-order valence-corrected chi connectivity index (χ0v) is 8.92. The molecule has 0 heterocycles. The van der Waals surface area contributed by atoms with Crippen molar-refractivity contribution in [2.75, 3.05) is 13.2 Å². The highest BCUT2D eigenvalue weighted by atomic mass is 16.3. The summed E-state index contributed by atoms with van der Waals surface area (Å²) in [5.74, 6) is 0.245. The maximum Gasteiger partial charge on any atom is 0.234 e. The molecule has 0 spiro atoms. The molecule has 4 nitrogen and oxygen atoms in total. The highest BCUT2D eigenvalue weighted by Crippen LogP contribution is 2.17. The number of nitrogens with one attached hydrogen (secondary N) is 2. The number of hydrogen-bond acceptors (Lipinski definition) is 3. The number of aliphatic hydroxyl groups is 1. The Balaban J connectivity index is 2.15. The lowest BCUT2D eigenvalue weighted by Crippen LogP contribution is -2.45. The van der Waals surface area contributed by atoms with Crippen molar-refractivity contribution in [3.05, 3.63) is 0 Å². The Morgan fingerprint density at radius 2 is 2.14 bits per heavy atom. The monoisotopic (exact) mass is 200 g/mol. The van der Waals surface area contributed by atoms with Gasteiger partial charge in [0.2, 0.25) is 5.91 Å². The Morgan fingerprint density at radius 1 is 1.50 bits per heavy atom. The molecule has 4 heteroatoms. The fourth-order valence-corrected chi connectivity index (χ4v) is 1.21. The highest BCUT2D eigenvalue weighted by molar-refractivity contribution is 5.78. The van der Waals surface area contributed by atoms with E-state index in [4.69, 9.17) is 5.11 Å². The maximum atomic E-state index is 11.4. The van der Waals surface area contributed by atoms with E-state index in [1.807, 2.05) is 13.8 Å². The van der Waals surface area contributed by atoms with Crippen molar-refractivity contribution in [3.63, 3.8) is 0 Å². The summed E-state index contributed by atoms with van der Waals surface area (Å²) >= 11 is 0. The molecular weight excluding hydrogens is 180 g/mol. The maximum absolute atomic E-state index is 11.4. The predicted octanol–water partition coefficient (Wildman–Crippen LogP) is -0.128. The van der Waals surface area contributed by atoms with Gasteiger partial charge < -0.3 is 15.7 Å². The molecule has 1 saturated carbocycles. The van der Waals surface area contributed by atoms with E-state index >= 15 is 0 Å². The SMILES string of the molecule is CC(C)[C@@H](CO)NC(=O)CNC1CC1. The van der Waals surface area contributed by atoms with Crippen LogP contribution in [0.15, 0.2) is 0 Å². The summed E-state index contributed by atoms with van der Waals surface area (Å²) in [5, 5.41) is 14.9. The molecule has 0 bridgehead atoms. The Hall–Kier alpha value is -0.610. The molecule has 1 rings (SSSR count). The second kappa shape index (κ2) is 5.32. The van der Waals surface area contributed by atoms with Gasteiger partial charge in [-0.2, -0.15) is 0 Å². The summed E-state index contributed by atoms with van der Waals surface area (Å²) in [5.41, 5.74) is 0. The molecule has 0 aromatic heterocycles. The van der Waals surface area contributed by atoms with Crippen LogP contribution in [0, 0.1) is 5.92 Å². The molecule has 0 aliphatic heterocycles. The van der Waals surface area contributed by atoms with Gasteiger partial charge in [-0.3, -0.25) is 4.79 Å². The molecule has 1 amide bonds. The molecule has 0 aromatic carbocycles. The first-order valence-electron chi connectivity index (χ1n) is 5.27. The Bertz CT molecular complexity index is 191. The van der Waals surface area contributed by atoms with Crippen LogP contribution in [0.1, 0.15) is 26.7 Å². The van der Waals surface area contributed by atoms with Crippen molar-refractivity contribution in [1.82, 2.24) is 10.6 Å². The van der Waals surface area contributed by atoms with Gasteiger partial charge in [0.25, 0.3) is 0 Å². The molecule has 1 atom stereocenters. The Kier molecular flexibility index (Phi) is 4.35. The fourth-order valence-electron chi connectivity index (χ4n) is 1.21. The summed E-state index contributed by atoms with van der Waals surface area (Å²) in [7, 11) is 0. The van der Waals surface area contributed by atoms with E-state index in [0.29, 0.717) is 12.6 Å². The molecule has 0 unspecified atom stereocenters. The molecule has 1 aliphatic carbocycles. The largest absolute Gasteiger partial charge is 0.394 e. The zero-order valence-electron chi connectivity index (χ0n) is 8.92. The topological polar surface area (TPSA) is 61.4 Å². The molecular formula is C10H20N2O2. The Morgan fingerprint density at radius 3 is 2.57 bits per heavy atom. The lowest BCUT2D eigenvalue weighted by molar-refractivity contribution is -0.121. The second-order valence-electron chi connectivity index (χ2n) is 4.26. The van der Waals surface area contributed by atoms with Gasteiger partial charge in [0.15, 0.2) is 0 Å². The van der Waals surface area contributed by atoms with Crippen LogP contribution in [-0.2, 0) is 4.79 Å². The molecule has 3 N–H and O–H groups in total. The first kappa shape index (κ1) is 11.5. The van der Waals surface area contributed by atoms with E-state index in [-0.39, 0.29) is 24.5 Å². The van der Waals surface area contributed by atoms with E-state index in [1.165, 1.54) is 12.8 Å². The quantitative estimate of drug-likeness (QED) is 0.560. The predicted molar refractivity (Wildman–Crippen MR) is 54.9 cm³/mol. The molecule has 14 heavy (non-hydrogen) atoms. The van der Waals surface area contributed by atoms with Crippen LogP contribution in [0.4, 0.5) is 0 Å². The van der Waals surface area contributed by atoms with Crippen LogP contribution in [0.5, 0.6) is 0 Å². The lowest BCUT2D eigenvalue weighted by atomic mass is 10.1. The van der Waals surface area contributed by atoms with Crippen molar-refractivity contribution in [3.8, 4) is 0 Å². The number of carbonyl (C=O) groups is 1. The molecule has 0 saturated heterocycles. The number of amides is 1. The van der Waals surface area contributed by atoms with Crippen LogP contribution in [0.3, 0.4) is 0 Å². The highest BCUT2D eigenvalue weighted by Gasteiger charge is 2.22. The molecule has 0 radical (unpaired) electrons. The number of aliphatic hydroxyl groups excluding tert-OH is 1. The summed E-state index contributed by atoms with van der Waals surface area (Å²) in [6.07, 6.45) is 2.36. The van der Waals surface area contributed by atoms with Gasteiger partial charge in [0.05, 0.1) is 19.2 Å². The Labute approximate surface area is 85.1 Å². The molecule has 1 aliphatic rings. The molecule has 0 aromatic rings. The standard InChI is InChI=1S/C10H20N2O2/c1-7(2)9(6-13)12-10(14)5-11-8-3-4-8/h7-9,11,13H,3-6H2,1-2H3,(H,12,14)/t9-/m1/s1. The zero-order chi connectivity index (χ0) is 10.6. The van der Waals surface area contributed by atoms with Gasteiger partial charge in [0.1, 0.15) is 0 Å². The van der Waals surface area contributed by atoms with Gasteiger partial charge in [-0.05, 0) is 18.8 Å². The summed E-state index contributed by atoms with van der Waals surface area (Å²) < 4.78 is 0. The van der Waals surface area contributed by atoms with Gasteiger partial charge in [-0.25, -0.2) is 0 Å². The third-order valence-electron chi connectivity index (χ3n) is 2.48. The van der Waals surface area contributed by atoms with Crippen LogP contribution in [0.25, 0.3) is 0 Å². The van der Waals surface area contributed by atoms with E-state index in [0.717, 1.165) is 0 Å². The third kappa shape index (κ3) is 4.07. The van der Waals surface area contributed by atoms with E-state index < -0.39 is 0 Å². The van der Waals surface area contributed by atoms with E-state index in [2.05, 4.69) is 10.6 Å². The van der Waals surface area contributed by atoms with Gasteiger partial charge in [0, 0.05) is 6.04 Å². The molecule has 82 valence electrons. The average molecular weight is 200 g/mol. The molecule has 1 fully saturated rings. The average Bonchev–Trinajstić information content (AvgIpc) is 2.93. The van der Waals surface area contributed by atoms with Crippen LogP contribution >= 0.6 is 0 Å². The van der Waals surface area contributed by atoms with Gasteiger partial charge in [-0.1, -0.05) is 13.8 Å². The van der Waals surface area contributed by atoms with Crippen LogP contribution in [0.2, 0.25) is 0 Å². The summed E-state index contributed by atoms with van der Waals surface area (Å²) in [6, 6.07) is 0.427. The minimum Gasteiger partial charge on any atom is -0.394 e. The first-order chi connectivity index (χ1) is 6.63. The minimum atomic E-state index is -0.122. The smallest absolute Gasteiger partial charge is 0.234 e. The number of carbonyl (C=O) groups excluding carboxylic acids is 1. The van der Waals surface area contributed by atoms with Crippen molar-refractivity contribution < 1.29 is 9.90 Å². The second-order valence-corrected chi connectivity index (χ2v) is 4.26. The van der Waals surface area contributed by atoms with Crippen molar-refractivity contribution in [2.24, 2.45) is 5.92 Å². The van der Waals surface area contributed by atoms with E-state index in [1.54, 1.807) is 0 Å². The number of rotatable bonds is 6. The van der Waals surface area contributed by atoms with Crippen molar-refractivity contribution in [2.45, 2.75) is 38.8 Å². The van der Waals surface area contributed by atoms with Gasteiger partial charge in [-0.15, -0.1) is 0 Å². The van der Waals surface area contributed by atoms with Crippen LogP contribution in [-0.4, -0.2) is 36.2 Å². The minimum absolute atomic E-state index is 0.00678. The van der Waals surface area contributed by atoms with Gasteiger partial charge >= 0.3 is 0 Å². The fraction of sp³-hybridized carbons (Fsp3) is 0.900. The normalized spacial score (nSPS) is 18.3. The summed E-state index contributed by atoms with van der Waals surface area (Å²) in [4.78, 5) is 11.4. The third-order valence-corrected chi connectivity index (χ3v) is 2.48. The number of hydrogen-bond donors (Lipinski definition) is 3.